The number of amides is 1. The zero-order valence-electron chi connectivity index (χ0n) is 8.20. The van der Waals surface area contributed by atoms with Crippen LogP contribution in [0.1, 0.15) is 18.0 Å². The molecule has 0 spiro atoms. The fourth-order valence-corrected chi connectivity index (χ4v) is 2.35. The molecular formula is C10H10BrCl2NO2. The smallest absolute Gasteiger partial charge is 0.407 e. The van der Waals surface area contributed by atoms with Gasteiger partial charge >= 0.3 is 6.09 Å². The van der Waals surface area contributed by atoms with Gasteiger partial charge in [0.1, 0.15) is 0 Å². The molecule has 1 N–H and O–H groups in total. The molecule has 6 heteroatoms. The largest absolute Gasteiger partial charge is 0.449 e. The highest BCUT2D eigenvalue weighted by molar-refractivity contribution is 9.10. The molecule has 1 atom stereocenters. The lowest BCUT2D eigenvalue weighted by molar-refractivity contribution is 0.115. The van der Waals surface area contributed by atoms with Crippen LogP contribution in [0.3, 0.4) is 0 Å². The van der Waals surface area contributed by atoms with Gasteiger partial charge in [0.15, 0.2) is 0 Å². The average Bonchev–Trinajstić information content (AvgIpc) is 2.17. The fourth-order valence-electron chi connectivity index (χ4n) is 1.54. The van der Waals surface area contributed by atoms with E-state index in [4.69, 9.17) is 16.3 Å². The molecule has 1 aromatic carbocycles. The molecule has 88 valence electrons. The Balaban J connectivity index is 0.00000128. The van der Waals surface area contributed by atoms with E-state index in [2.05, 4.69) is 21.2 Å². The highest BCUT2D eigenvalue weighted by Crippen LogP contribution is 2.29. The van der Waals surface area contributed by atoms with Crippen molar-refractivity contribution in [2.45, 2.75) is 12.5 Å². The van der Waals surface area contributed by atoms with Gasteiger partial charge in [-0.3, -0.25) is 0 Å². The first-order valence-electron chi connectivity index (χ1n) is 4.55. The standard InChI is InChI=1S/C10H9BrClNO2.ClH/c11-6-1-2-7(8(12)5-6)9-3-4-15-10(14)13-9;/h1-2,5,9H,3-4H2,(H,13,14);1H/t9-;/m1./s1. The maximum atomic E-state index is 11.0. The summed E-state index contributed by atoms with van der Waals surface area (Å²) < 4.78 is 5.72. The van der Waals surface area contributed by atoms with Crippen molar-refractivity contribution in [2.24, 2.45) is 0 Å². The molecule has 0 aliphatic carbocycles. The summed E-state index contributed by atoms with van der Waals surface area (Å²) in [6, 6.07) is 5.58. The average molecular weight is 327 g/mol. The predicted octanol–water partition coefficient (Wildman–Crippen LogP) is 3.70. The molecule has 16 heavy (non-hydrogen) atoms. The molecule has 1 aliphatic heterocycles. The molecule has 1 fully saturated rings. The number of carbonyl (C=O) groups is 1. The van der Waals surface area contributed by atoms with E-state index < -0.39 is 0 Å². The van der Waals surface area contributed by atoms with E-state index in [1.54, 1.807) is 0 Å². The Kier molecular flexibility index (Phi) is 4.89. The number of ether oxygens (including phenoxy) is 1. The quantitative estimate of drug-likeness (QED) is 0.854. The number of rotatable bonds is 1. The second kappa shape index (κ2) is 5.75. The SMILES string of the molecule is Cl.O=C1N[C@@H](c2ccc(Br)cc2Cl)CCO1. The second-order valence-electron chi connectivity index (χ2n) is 3.29. The van der Waals surface area contributed by atoms with Crippen molar-refractivity contribution in [1.82, 2.24) is 5.32 Å². The molecule has 0 saturated carbocycles. The Morgan fingerprint density at radius 3 is 2.88 bits per heavy atom. The first-order chi connectivity index (χ1) is 7.16. The Morgan fingerprint density at radius 2 is 2.25 bits per heavy atom. The van der Waals surface area contributed by atoms with E-state index in [0.717, 1.165) is 16.5 Å². The number of benzene rings is 1. The van der Waals surface area contributed by atoms with Gasteiger partial charge in [0.2, 0.25) is 0 Å². The van der Waals surface area contributed by atoms with Crippen molar-refractivity contribution in [3.05, 3.63) is 33.3 Å². The van der Waals surface area contributed by atoms with Crippen LogP contribution in [0.15, 0.2) is 22.7 Å². The van der Waals surface area contributed by atoms with E-state index in [0.29, 0.717) is 11.6 Å². The van der Waals surface area contributed by atoms with Crippen LogP contribution in [0.5, 0.6) is 0 Å². The number of alkyl carbamates (subject to hydrolysis) is 1. The van der Waals surface area contributed by atoms with Crippen LogP contribution in [0.25, 0.3) is 0 Å². The monoisotopic (exact) mass is 325 g/mol. The minimum Gasteiger partial charge on any atom is -0.449 e. The summed E-state index contributed by atoms with van der Waals surface area (Å²) in [7, 11) is 0. The lowest BCUT2D eigenvalue weighted by atomic mass is 10.0. The minimum absolute atomic E-state index is 0. The van der Waals surface area contributed by atoms with Gasteiger partial charge in [-0.15, -0.1) is 12.4 Å². The molecule has 0 bridgehead atoms. The van der Waals surface area contributed by atoms with Crippen molar-refractivity contribution >= 4 is 46.0 Å². The number of halogens is 3. The van der Waals surface area contributed by atoms with Gasteiger partial charge in [0.05, 0.1) is 12.6 Å². The molecule has 0 unspecified atom stereocenters. The van der Waals surface area contributed by atoms with Gasteiger partial charge < -0.3 is 10.1 Å². The van der Waals surface area contributed by atoms with E-state index in [-0.39, 0.29) is 24.5 Å². The number of carbonyl (C=O) groups excluding carboxylic acids is 1. The van der Waals surface area contributed by atoms with Crippen LogP contribution in [0, 0.1) is 0 Å². The molecule has 0 radical (unpaired) electrons. The molecular weight excluding hydrogens is 317 g/mol. The fraction of sp³-hybridized carbons (Fsp3) is 0.300. The Morgan fingerprint density at radius 1 is 1.50 bits per heavy atom. The van der Waals surface area contributed by atoms with Crippen molar-refractivity contribution in [3.63, 3.8) is 0 Å². The lowest BCUT2D eigenvalue weighted by Crippen LogP contribution is -2.35. The summed E-state index contributed by atoms with van der Waals surface area (Å²) in [5, 5.41) is 3.38. The van der Waals surface area contributed by atoms with Crippen LogP contribution in [-0.2, 0) is 4.74 Å². The molecule has 1 amide bonds. The highest BCUT2D eigenvalue weighted by Gasteiger charge is 2.22. The zero-order valence-corrected chi connectivity index (χ0v) is 11.4. The normalized spacial score (nSPS) is 19.4. The second-order valence-corrected chi connectivity index (χ2v) is 4.61. The van der Waals surface area contributed by atoms with E-state index >= 15 is 0 Å². The lowest BCUT2D eigenvalue weighted by Gasteiger charge is -2.24. The Bertz CT molecular complexity index is 400. The van der Waals surface area contributed by atoms with E-state index in [1.807, 2.05) is 18.2 Å². The van der Waals surface area contributed by atoms with Crippen LogP contribution in [-0.4, -0.2) is 12.7 Å². The van der Waals surface area contributed by atoms with Crippen LogP contribution < -0.4 is 5.32 Å². The molecule has 3 nitrogen and oxygen atoms in total. The van der Waals surface area contributed by atoms with Gasteiger partial charge in [0, 0.05) is 15.9 Å². The van der Waals surface area contributed by atoms with E-state index in [9.17, 15) is 4.79 Å². The predicted molar refractivity (Wildman–Crippen MR) is 68.2 cm³/mol. The maximum Gasteiger partial charge on any atom is 0.407 e. The van der Waals surface area contributed by atoms with Crippen LogP contribution >= 0.6 is 39.9 Å². The van der Waals surface area contributed by atoms with Crippen molar-refractivity contribution in [2.75, 3.05) is 6.61 Å². The van der Waals surface area contributed by atoms with Crippen LogP contribution in [0.2, 0.25) is 5.02 Å². The molecule has 1 aliphatic rings. The maximum absolute atomic E-state index is 11.0. The topological polar surface area (TPSA) is 38.3 Å². The third kappa shape index (κ3) is 3.03. The summed E-state index contributed by atoms with van der Waals surface area (Å²) in [5.41, 5.74) is 0.927. The van der Waals surface area contributed by atoms with Crippen molar-refractivity contribution < 1.29 is 9.53 Å². The molecule has 2 rings (SSSR count). The van der Waals surface area contributed by atoms with E-state index in [1.165, 1.54) is 0 Å². The molecule has 0 aromatic heterocycles. The Labute approximate surface area is 113 Å². The zero-order chi connectivity index (χ0) is 10.8. The summed E-state index contributed by atoms with van der Waals surface area (Å²) in [4.78, 5) is 11.0. The summed E-state index contributed by atoms with van der Waals surface area (Å²) >= 11 is 9.42. The molecule has 1 saturated heterocycles. The third-order valence-corrected chi connectivity index (χ3v) is 3.09. The van der Waals surface area contributed by atoms with Gasteiger partial charge in [-0.05, 0) is 17.7 Å². The van der Waals surface area contributed by atoms with Gasteiger partial charge in [-0.2, -0.15) is 0 Å². The number of hydrogen-bond acceptors (Lipinski definition) is 2. The number of nitrogens with one attached hydrogen (secondary N) is 1. The summed E-state index contributed by atoms with van der Waals surface area (Å²) in [5.74, 6) is 0. The first-order valence-corrected chi connectivity index (χ1v) is 5.72. The summed E-state index contributed by atoms with van der Waals surface area (Å²) in [6.07, 6.45) is 0.359. The van der Waals surface area contributed by atoms with Gasteiger partial charge in [-0.25, -0.2) is 4.79 Å². The molecule has 1 heterocycles. The molecule has 1 aromatic rings. The van der Waals surface area contributed by atoms with Crippen molar-refractivity contribution in [3.8, 4) is 0 Å². The Hall–Kier alpha value is -0.450. The van der Waals surface area contributed by atoms with Gasteiger partial charge in [-0.1, -0.05) is 33.6 Å². The number of hydrogen-bond donors (Lipinski definition) is 1. The number of cyclic esters (lactones) is 1. The highest BCUT2D eigenvalue weighted by atomic mass is 79.9. The third-order valence-electron chi connectivity index (χ3n) is 2.27. The minimum atomic E-state index is -0.384. The summed E-state index contributed by atoms with van der Waals surface area (Å²) in [6.45, 7) is 0.433. The van der Waals surface area contributed by atoms with Crippen molar-refractivity contribution in [1.29, 1.82) is 0 Å². The van der Waals surface area contributed by atoms with Crippen LogP contribution in [0.4, 0.5) is 4.79 Å². The first kappa shape index (κ1) is 13.6. The van der Waals surface area contributed by atoms with Gasteiger partial charge in [0.25, 0.3) is 0 Å².